The van der Waals surface area contributed by atoms with Crippen molar-refractivity contribution in [1.29, 1.82) is 0 Å². The summed E-state index contributed by atoms with van der Waals surface area (Å²) >= 11 is 0. The third-order valence-corrected chi connectivity index (χ3v) is 7.34. The first-order valence-corrected chi connectivity index (χ1v) is 17.0. The molecule has 254 valence electrons. The van der Waals surface area contributed by atoms with Crippen molar-refractivity contribution in [2.24, 2.45) is 0 Å². The molecule has 1 N–H and O–H groups in total. The average Bonchev–Trinajstić information content (AvgIpc) is 2.96. The maximum atomic E-state index is 12.5. The quantitative estimate of drug-likeness (QED) is 0.0391. The van der Waals surface area contributed by atoms with Crippen LogP contribution in [0.25, 0.3) is 0 Å². The van der Waals surface area contributed by atoms with E-state index in [4.69, 9.17) is 14.2 Å². The van der Waals surface area contributed by atoms with Crippen LogP contribution in [0.5, 0.6) is 0 Å². The topological polar surface area (TPSA) is 99.1 Å². The smallest absolute Gasteiger partial charge is 0.362 e. The monoisotopic (exact) mass is 622 g/mol. The Kier molecular flexibility index (Phi) is 26.5. The summed E-state index contributed by atoms with van der Waals surface area (Å²) in [6.45, 7) is 4.47. The first-order chi connectivity index (χ1) is 21.1. The zero-order valence-corrected chi connectivity index (χ0v) is 28.6. The van der Waals surface area contributed by atoms with Gasteiger partial charge in [0, 0.05) is 12.8 Å². The van der Waals surface area contributed by atoms with Gasteiger partial charge in [-0.25, -0.2) is 4.79 Å². The van der Waals surface area contributed by atoms with Gasteiger partial charge < -0.3 is 23.8 Å². The van der Waals surface area contributed by atoms with Crippen LogP contribution < -0.4 is 0 Å². The number of aliphatic carboxylic acids is 1. The standard InChI is InChI=1S/C36H63NO7/c1-6-8-10-12-14-16-17-19-20-22-24-26-34(38)43-31-32(30-42-29-28-33(36(40)41)37(3,4)5)44-35(39)27-25-23-21-18-15-13-11-9-7-2/h9,11,15,18,23,25,32-33H,6-8,10,12-14,16-17,19-22,24,26-31H2,1-5H3/p+1/b11-9+,18-15+,25-23+. The molecule has 2 atom stereocenters. The van der Waals surface area contributed by atoms with Crippen molar-refractivity contribution in [3.63, 3.8) is 0 Å². The van der Waals surface area contributed by atoms with Gasteiger partial charge in [-0.2, -0.15) is 0 Å². The van der Waals surface area contributed by atoms with Crippen molar-refractivity contribution in [1.82, 2.24) is 0 Å². The van der Waals surface area contributed by atoms with Crippen molar-refractivity contribution in [2.75, 3.05) is 41.0 Å². The Morgan fingerprint density at radius 3 is 1.80 bits per heavy atom. The van der Waals surface area contributed by atoms with Crippen LogP contribution in [-0.2, 0) is 28.6 Å². The molecular weight excluding hydrogens is 558 g/mol. The van der Waals surface area contributed by atoms with E-state index < -0.39 is 24.1 Å². The molecular formula is C36H64NO7+. The molecule has 0 radical (unpaired) electrons. The molecule has 44 heavy (non-hydrogen) atoms. The minimum Gasteiger partial charge on any atom is -0.477 e. The van der Waals surface area contributed by atoms with Gasteiger partial charge in [0.2, 0.25) is 0 Å². The van der Waals surface area contributed by atoms with Gasteiger partial charge in [0.05, 0.1) is 40.8 Å². The molecule has 0 aliphatic carbocycles. The number of rotatable bonds is 29. The highest BCUT2D eigenvalue weighted by molar-refractivity contribution is 5.72. The van der Waals surface area contributed by atoms with E-state index in [1.807, 2.05) is 33.3 Å². The van der Waals surface area contributed by atoms with Crippen LogP contribution in [0.3, 0.4) is 0 Å². The number of carbonyl (C=O) groups is 3. The van der Waals surface area contributed by atoms with Crippen LogP contribution in [-0.4, -0.2) is 80.6 Å². The Morgan fingerprint density at radius 1 is 0.705 bits per heavy atom. The lowest BCUT2D eigenvalue weighted by Crippen LogP contribution is -2.50. The predicted molar refractivity (Wildman–Crippen MR) is 178 cm³/mol. The number of hydrogen-bond donors (Lipinski definition) is 1. The van der Waals surface area contributed by atoms with E-state index in [2.05, 4.69) is 32.1 Å². The van der Waals surface area contributed by atoms with Gasteiger partial charge in [0.25, 0.3) is 0 Å². The number of unbranched alkanes of at least 4 members (excludes halogenated alkanes) is 10. The third kappa shape index (κ3) is 26.0. The second kappa shape index (κ2) is 28.1. The molecule has 0 bridgehead atoms. The van der Waals surface area contributed by atoms with Crippen molar-refractivity contribution in [3.05, 3.63) is 36.5 Å². The summed E-state index contributed by atoms with van der Waals surface area (Å²) in [7, 11) is 5.47. The Hall–Kier alpha value is -2.45. The Balaban J connectivity index is 4.57. The van der Waals surface area contributed by atoms with Gasteiger partial charge in [-0.15, -0.1) is 0 Å². The number of likely N-dealkylation sites (N-methyl/N-ethyl adjacent to an activating group) is 1. The van der Waals surface area contributed by atoms with Gasteiger partial charge in [-0.1, -0.05) is 115 Å². The molecule has 0 aromatic rings. The lowest BCUT2D eigenvalue weighted by atomic mass is 10.1. The highest BCUT2D eigenvalue weighted by Crippen LogP contribution is 2.13. The summed E-state index contributed by atoms with van der Waals surface area (Å²) < 4.78 is 17.0. The number of quaternary nitrogens is 1. The third-order valence-electron chi connectivity index (χ3n) is 7.34. The van der Waals surface area contributed by atoms with Gasteiger partial charge in [-0.3, -0.25) is 9.59 Å². The maximum Gasteiger partial charge on any atom is 0.362 e. The number of carboxylic acid groups (broad SMARTS) is 1. The normalized spacial score (nSPS) is 13.6. The van der Waals surface area contributed by atoms with Gasteiger partial charge in [0.15, 0.2) is 12.1 Å². The van der Waals surface area contributed by atoms with Crippen molar-refractivity contribution < 1.29 is 38.2 Å². The van der Waals surface area contributed by atoms with Crippen molar-refractivity contribution >= 4 is 17.9 Å². The fourth-order valence-electron chi connectivity index (χ4n) is 4.68. The predicted octanol–water partition coefficient (Wildman–Crippen LogP) is 7.96. The molecule has 0 aromatic heterocycles. The second-order valence-electron chi connectivity index (χ2n) is 12.4. The van der Waals surface area contributed by atoms with E-state index >= 15 is 0 Å². The summed E-state index contributed by atoms with van der Waals surface area (Å²) in [5.41, 5.74) is 0. The van der Waals surface area contributed by atoms with E-state index in [0.717, 1.165) is 38.5 Å². The molecule has 2 unspecified atom stereocenters. The molecule has 0 spiro atoms. The largest absolute Gasteiger partial charge is 0.477 e. The molecule has 8 heteroatoms. The van der Waals surface area contributed by atoms with Gasteiger partial charge in [-0.05, 0) is 25.7 Å². The van der Waals surface area contributed by atoms with Crippen LogP contribution in [0, 0.1) is 0 Å². The van der Waals surface area contributed by atoms with Gasteiger partial charge >= 0.3 is 17.9 Å². The van der Waals surface area contributed by atoms with Crippen LogP contribution >= 0.6 is 0 Å². The highest BCUT2D eigenvalue weighted by atomic mass is 16.6. The summed E-state index contributed by atoms with van der Waals surface area (Å²) in [5, 5.41) is 9.53. The lowest BCUT2D eigenvalue weighted by molar-refractivity contribution is -0.887. The molecule has 0 saturated heterocycles. The highest BCUT2D eigenvalue weighted by Gasteiger charge is 2.31. The summed E-state index contributed by atoms with van der Waals surface area (Å²) in [4.78, 5) is 36.5. The molecule has 0 aliphatic heterocycles. The molecule has 0 aromatic carbocycles. The van der Waals surface area contributed by atoms with Crippen LogP contribution in [0.4, 0.5) is 0 Å². The van der Waals surface area contributed by atoms with E-state index in [-0.39, 0.29) is 36.7 Å². The van der Waals surface area contributed by atoms with E-state index in [1.165, 1.54) is 51.4 Å². The average molecular weight is 623 g/mol. The lowest BCUT2D eigenvalue weighted by Gasteiger charge is -2.31. The van der Waals surface area contributed by atoms with E-state index in [9.17, 15) is 19.5 Å². The van der Waals surface area contributed by atoms with Crippen LogP contribution in [0.1, 0.15) is 123 Å². The van der Waals surface area contributed by atoms with E-state index in [0.29, 0.717) is 12.8 Å². The van der Waals surface area contributed by atoms with E-state index in [1.54, 1.807) is 6.08 Å². The maximum absolute atomic E-state index is 12.5. The minimum absolute atomic E-state index is 0.0265. The summed E-state index contributed by atoms with van der Waals surface area (Å²) in [5.74, 6) is -1.63. The number of ether oxygens (including phenoxy) is 3. The molecule has 0 heterocycles. The molecule has 8 nitrogen and oxygen atoms in total. The Labute approximate surface area is 268 Å². The number of carboxylic acids is 1. The fourth-order valence-corrected chi connectivity index (χ4v) is 4.68. The number of allylic oxidation sites excluding steroid dienone is 5. The SMILES string of the molecule is CC/C=C/C/C=C/C/C=C/CC(=O)OC(COCCC(C(=O)O)[N+](C)(C)C)COC(=O)CCCCCCCCCCCCC. The summed E-state index contributed by atoms with van der Waals surface area (Å²) in [6.07, 6.45) is 28.0. The number of esters is 2. The molecule has 0 aliphatic rings. The molecule has 0 saturated carbocycles. The fraction of sp³-hybridized carbons (Fsp3) is 0.750. The van der Waals surface area contributed by atoms with Crippen LogP contribution in [0.2, 0.25) is 0 Å². The molecule has 0 amide bonds. The Morgan fingerprint density at radius 2 is 1.25 bits per heavy atom. The number of hydrogen-bond acceptors (Lipinski definition) is 6. The number of carbonyl (C=O) groups excluding carboxylic acids is 2. The van der Waals surface area contributed by atoms with Gasteiger partial charge in [0.1, 0.15) is 6.61 Å². The second-order valence-corrected chi connectivity index (χ2v) is 12.4. The first-order valence-electron chi connectivity index (χ1n) is 17.0. The summed E-state index contributed by atoms with van der Waals surface area (Å²) in [6, 6.07) is -0.624. The minimum atomic E-state index is -0.889. The molecule has 0 fully saturated rings. The zero-order chi connectivity index (χ0) is 32.9. The van der Waals surface area contributed by atoms with Crippen molar-refractivity contribution in [3.8, 4) is 0 Å². The zero-order valence-electron chi connectivity index (χ0n) is 28.6. The van der Waals surface area contributed by atoms with Crippen LogP contribution in [0.15, 0.2) is 36.5 Å². The number of nitrogens with zero attached hydrogens (tertiary/aromatic N) is 1. The molecule has 0 rings (SSSR count). The Bertz CT molecular complexity index is 829. The van der Waals surface area contributed by atoms with Crippen molar-refractivity contribution in [2.45, 2.75) is 135 Å². The first kappa shape index (κ1) is 41.5.